The second-order valence-corrected chi connectivity index (χ2v) is 3.83. The van der Waals surface area contributed by atoms with Gasteiger partial charge in [0.25, 0.3) is 0 Å². The standard InChI is InChI=1S/C11H14N/c1-7-5-9(8(2)12)3-4-10-6-11(7)10/h3-5,7,10-12H,1,6H2,2H3/q+1. The van der Waals surface area contributed by atoms with Crippen LogP contribution in [0.1, 0.15) is 13.3 Å². The van der Waals surface area contributed by atoms with Crippen molar-refractivity contribution in [1.82, 2.24) is 0 Å². The van der Waals surface area contributed by atoms with E-state index in [2.05, 4.69) is 25.2 Å². The Hall–Kier alpha value is -0.980. The minimum absolute atomic E-state index is 0.417. The molecule has 0 radical (unpaired) electrons. The SMILES string of the molecule is [CH2+]C1C=C(C(C)=N)C=CC2CC12. The molecule has 12 heavy (non-hydrogen) atoms. The molecular weight excluding hydrogens is 146 g/mol. The van der Waals surface area contributed by atoms with Gasteiger partial charge in [0, 0.05) is 11.6 Å². The molecule has 0 bridgehead atoms. The lowest BCUT2D eigenvalue weighted by Crippen LogP contribution is -1.98. The smallest absolute Gasteiger partial charge is 0.118 e. The molecule has 0 aromatic heterocycles. The Balaban J connectivity index is 2.23. The van der Waals surface area contributed by atoms with Crippen LogP contribution in [0.2, 0.25) is 0 Å². The van der Waals surface area contributed by atoms with Crippen molar-refractivity contribution in [3.63, 3.8) is 0 Å². The average Bonchev–Trinajstić information content (AvgIpc) is 2.73. The van der Waals surface area contributed by atoms with Crippen LogP contribution in [0.4, 0.5) is 0 Å². The van der Waals surface area contributed by atoms with Gasteiger partial charge in [-0.05, 0) is 30.9 Å². The normalized spacial score (nSPS) is 38.1. The van der Waals surface area contributed by atoms with E-state index in [4.69, 9.17) is 5.41 Å². The van der Waals surface area contributed by atoms with Crippen LogP contribution < -0.4 is 0 Å². The molecule has 1 heteroatoms. The third-order valence-corrected chi connectivity index (χ3v) is 2.79. The number of fused-ring (bicyclic) bond motifs is 1. The Labute approximate surface area is 73.7 Å². The van der Waals surface area contributed by atoms with Gasteiger partial charge in [0.2, 0.25) is 0 Å². The van der Waals surface area contributed by atoms with Gasteiger partial charge in [0.05, 0.1) is 6.92 Å². The van der Waals surface area contributed by atoms with Gasteiger partial charge in [-0.3, -0.25) is 0 Å². The van der Waals surface area contributed by atoms with Crippen molar-refractivity contribution in [2.45, 2.75) is 13.3 Å². The summed E-state index contributed by atoms with van der Waals surface area (Å²) in [6.07, 6.45) is 7.75. The highest BCUT2D eigenvalue weighted by Crippen LogP contribution is 2.47. The monoisotopic (exact) mass is 160 g/mol. The van der Waals surface area contributed by atoms with E-state index in [1.807, 2.05) is 6.92 Å². The third kappa shape index (κ3) is 1.20. The maximum Gasteiger partial charge on any atom is 0.118 e. The largest absolute Gasteiger partial charge is 0.305 e. The molecule has 3 atom stereocenters. The average molecular weight is 160 g/mol. The second-order valence-electron chi connectivity index (χ2n) is 3.83. The molecule has 0 aliphatic heterocycles. The molecule has 1 saturated carbocycles. The van der Waals surface area contributed by atoms with Crippen LogP contribution in [0.5, 0.6) is 0 Å². The van der Waals surface area contributed by atoms with Gasteiger partial charge in [-0.2, -0.15) is 0 Å². The molecule has 3 unspecified atom stereocenters. The van der Waals surface area contributed by atoms with E-state index in [1.54, 1.807) is 0 Å². The summed E-state index contributed by atoms with van der Waals surface area (Å²) in [5, 5.41) is 7.51. The number of nitrogens with one attached hydrogen (secondary N) is 1. The van der Waals surface area contributed by atoms with Crippen molar-refractivity contribution in [3.8, 4) is 0 Å². The van der Waals surface area contributed by atoms with Gasteiger partial charge in [-0.1, -0.05) is 12.2 Å². The van der Waals surface area contributed by atoms with Crippen LogP contribution in [0, 0.1) is 30.1 Å². The number of hydrogen-bond acceptors (Lipinski definition) is 1. The Morgan fingerprint density at radius 3 is 3.08 bits per heavy atom. The van der Waals surface area contributed by atoms with Crippen LogP contribution in [-0.2, 0) is 0 Å². The summed E-state index contributed by atoms with van der Waals surface area (Å²) in [6, 6.07) is 0. The summed E-state index contributed by atoms with van der Waals surface area (Å²) < 4.78 is 0. The first-order chi connectivity index (χ1) is 5.68. The van der Waals surface area contributed by atoms with Crippen molar-refractivity contribution in [2.75, 3.05) is 0 Å². The predicted molar refractivity (Wildman–Crippen MR) is 51.1 cm³/mol. The topological polar surface area (TPSA) is 23.9 Å². The molecule has 0 aromatic carbocycles. The van der Waals surface area contributed by atoms with E-state index in [0.29, 0.717) is 11.6 Å². The third-order valence-electron chi connectivity index (χ3n) is 2.79. The van der Waals surface area contributed by atoms with Crippen LogP contribution >= 0.6 is 0 Å². The molecule has 0 amide bonds. The molecule has 2 aliphatic carbocycles. The Morgan fingerprint density at radius 1 is 1.67 bits per heavy atom. The van der Waals surface area contributed by atoms with Gasteiger partial charge in [-0.15, -0.1) is 0 Å². The Bertz CT molecular complexity index is 273. The first-order valence-corrected chi connectivity index (χ1v) is 4.47. The first kappa shape index (κ1) is 7.66. The van der Waals surface area contributed by atoms with Crippen LogP contribution in [0.3, 0.4) is 0 Å². The highest BCUT2D eigenvalue weighted by molar-refractivity contribution is 5.98. The number of hydrogen-bond donors (Lipinski definition) is 1. The maximum atomic E-state index is 7.51. The quantitative estimate of drug-likeness (QED) is 0.450. The molecule has 0 saturated heterocycles. The number of allylic oxidation sites excluding steroid dienone is 4. The summed E-state index contributed by atoms with van der Waals surface area (Å²) in [6.45, 7) is 5.93. The van der Waals surface area contributed by atoms with Gasteiger partial charge < -0.3 is 5.41 Å². The lowest BCUT2D eigenvalue weighted by atomic mass is 10.0. The summed E-state index contributed by atoms with van der Waals surface area (Å²) in [5.74, 6) is 1.93. The van der Waals surface area contributed by atoms with Gasteiger partial charge >= 0.3 is 0 Å². The molecule has 0 spiro atoms. The molecule has 62 valence electrons. The summed E-state index contributed by atoms with van der Waals surface area (Å²) in [4.78, 5) is 0. The van der Waals surface area contributed by atoms with Gasteiger partial charge in [0.15, 0.2) is 0 Å². The lowest BCUT2D eigenvalue weighted by Gasteiger charge is -1.99. The Morgan fingerprint density at radius 2 is 2.42 bits per heavy atom. The highest BCUT2D eigenvalue weighted by atomic mass is 14.5. The fourth-order valence-electron chi connectivity index (χ4n) is 1.84. The number of rotatable bonds is 1. The van der Waals surface area contributed by atoms with Crippen molar-refractivity contribution in [3.05, 3.63) is 30.7 Å². The van der Waals surface area contributed by atoms with Gasteiger partial charge in [-0.25, -0.2) is 0 Å². The zero-order valence-electron chi connectivity index (χ0n) is 7.38. The molecule has 0 aromatic rings. The molecular formula is C11H14N+. The van der Waals surface area contributed by atoms with Crippen molar-refractivity contribution < 1.29 is 0 Å². The molecule has 2 aliphatic rings. The van der Waals surface area contributed by atoms with Crippen molar-refractivity contribution in [1.29, 1.82) is 5.41 Å². The molecule has 1 N–H and O–H groups in total. The highest BCUT2D eigenvalue weighted by Gasteiger charge is 2.43. The van der Waals surface area contributed by atoms with Crippen LogP contribution in [0.25, 0.3) is 0 Å². The van der Waals surface area contributed by atoms with Crippen LogP contribution in [0.15, 0.2) is 23.8 Å². The Kier molecular flexibility index (Phi) is 1.60. The molecule has 2 rings (SSSR count). The molecule has 1 nitrogen and oxygen atoms in total. The second kappa shape index (κ2) is 2.51. The van der Waals surface area contributed by atoms with E-state index >= 15 is 0 Å². The van der Waals surface area contributed by atoms with Crippen molar-refractivity contribution in [2.24, 2.45) is 17.8 Å². The van der Waals surface area contributed by atoms with Crippen LogP contribution in [-0.4, -0.2) is 5.71 Å². The minimum Gasteiger partial charge on any atom is -0.305 e. The minimum atomic E-state index is 0.417. The summed E-state index contributed by atoms with van der Waals surface area (Å²) in [7, 11) is 0. The zero-order chi connectivity index (χ0) is 8.72. The summed E-state index contributed by atoms with van der Waals surface area (Å²) >= 11 is 0. The first-order valence-electron chi connectivity index (χ1n) is 4.47. The molecule has 0 heterocycles. The zero-order valence-corrected chi connectivity index (χ0v) is 7.38. The fraction of sp³-hybridized carbons (Fsp3) is 0.455. The van der Waals surface area contributed by atoms with E-state index in [-0.39, 0.29) is 0 Å². The van der Waals surface area contributed by atoms with E-state index in [9.17, 15) is 0 Å². The lowest BCUT2D eigenvalue weighted by molar-refractivity contribution is 0.662. The fourth-order valence-corrected chi connectivity index (χ4v) is 1.84. The predicted octanol–water partition coefficient (Wildman–Crippen LogP) is 2.61. The maximum absolute atomic E-state index is 7.51. The van der Waals surface area contributed by atoms with E-state index < -0.39 is 0 Å². The van der Waals surface area contributed by atoms with E-state index in [1.165, 1.54) is 6.42 Å². The molecule has 1 fully saturated rings. The van der Waals surface area contributed by atoms with Crippen molar-refractivity contribution >= 4 is 5.71 Å². The summed E-state index contributed by atoms with van der Waals surface area (Å²) in [5.41, 5.74) is 1.71. The van der Waals surface area contributed by atoms with Gasteiger partial charge in [0.1, 0.15) is 5.92 Å². The van der Waals surface area contributed by atoms with E-state index in [0.717, 1.165) is 17.4 Å².